The van der Waals surface area contributed by atoms with Gasteiger partial charge in [-0.15, -0.1) is 0 Å². The Balaban J connectivity index is 1.24. The van der Waals surface area contributed by atoms with Gasteiger partial charge < -0.3 is 20.1 Å². The topological polar surface area (TPSA) is 150 Å². The lowest BCUT2D eigenvalue weighted by Crippen LogP contribution is -2.40. The van der Waals surface area contributed by atoms with E-state index in [4.69, 9.17) is 4.74 Å². The Hall–Kier alpha value is -6.10. The average molecular weight is 711 g/mol. The predicted octanol–water partition coefficient (Wildman–Crippen LogP) is 7.33. The molecule has 0 aromatic heterocycles. The van der Waals surface area contributed by atoms with E-state index in [2.05, 4.69) is 0 Å². The zero-order valence-electron chi connectivity index (χ0n) is 28.7. The third-order valence-corrected chi connectivity index (χ3v) is 10.3. The Bertz CT molecular complexity index is 2230. The quantitative estimate of drug-likeness (QED) is 0.0401. The molecule has 3 N–H and O–H groups in total. The van der Waals surface area contributed by atoms with Gasteiger partial charge in [0.2, 0.25) is 11.8 Å². The number of imide groups is 1. The smallest absolute Gasteiger partial charge is 0.271 e. The third kappa shape index (κ3) is 7.06. The number of carbonyl (C=O) groups is 2. The fraction of sp³-hybridized carbons (Fsp3) is 0.209. The maximum atomic E-state index is 14.1. The highest BCUT2D eigenvalue weighted by Crippen LogP contribution is 2.48. The molecule has 0 saturated carbocycles. The number of hydrogen-bond donors (Lipinski definition) is 3. The number of anilines is 1. The average Bonchev–Trinajstić information content (AvgIpc) is 3.44. The van der Waals surface area contributed by atoms with Crippen LogP contribution in [0.4, 0.5) is 11.4 Å². The first-order valence-corrected chi connectivity index (χ1v) is 17.5. The molecule has 268 valence electrons. The van der Waals surface area contributed by atoms with Gasteiger partial charge in [0.25, 0.3) is 5.69 Å². The number of carbonyl (C=O) groups excluding carboxylic acids is 2. The number of allylic oxidation sites excluding steroid dienone is 1. The first-order valence-electron chi connectivity index (χ1n) is 17.5. The number of phenols is 1. The Kier molecular flexibility index (Phi) is 10.2. The van der Waals surface area contributed by atoms with E-state index in [0.717, 1.165) is 32.4 Å². The number of aliphatic hydroxyl groups is 2. The Morgan fingerprint density at radius 1 is 0.887 bits per heavy atom. The zero-order valence-corrected chi connectivity index (χ0v) is 28.7. The summed E-state index contributed by atoms with van der Waals surface area (Å²) in [6.07, 6.45) is 1.69. The molecule has 1 heterocycles. The fourth-order valence-corrected chi connectivity index (χ4v) is 7.80. The third-order valence-electron chi connectivity index (χ3n) is 10.3. The molecule has 1 aliphatic carbocycles. The van der Waals surface area contributed by atoms with Gasteiger partial charge in [-0.2, -0.15) is 0 Å². The lowest BCUT2D eigenvalue weighted by Gasteiger charge is -2.36. The highest BCUT2D eigenvalue weighted by atomic mass is 16.6. The number of ether oxygens (including phenoxy) is 1. The van der Waals surface area contributed by atoms with E-state index in [1.54, 1.807) is 18.2 Å². The number of rotatable bonds is 12. The first kappa shape index (κ1) is 35.3. The monoisotopic (exact) mass is 710 g/mol. The number of nitrogens with zero attached hydrogens (tertiary/aromatic N) is 2. The van der Waals surface area contributed by atoms with Crippen molar-refractivity contribution in [2.45, 2.75) is 25.4 Å². The molecule has 53 heavy (non-hydrogen) atoms. The second kappa shape index (κ2) is 15.2. The number of aliphatic hydroxyl groups excluding tert-OH is 2. The molecular weight excluding hydrogens is 672 g/mol. The molecule has 1 saturated heterocycles. The summed E-state index contributed by atoms with van der Waals surface area (Å²) in [5.74, 6) is -3.06. The van der Waals surface area contributed by atoms with E-state index >= 15 is 0 Å². The molecule has 4 atom stereocenters. The summed E-state index contributed by atoms with van der Waals surface area (Å²) in [5.41, 5.74) is 3.70. The number of fused-ring (bicyclic) bond motifs is 2. The molecule has 5 aromatic rings. The number of para-hydroxylation sites is 1. The van der Waals surface area contributed by atoms with Crippen molar-refractivity contribution >= 4 is 45.6 Å². The van der Waals surface area contributed by atoms with Gasteiger partial charge in [0, 0.05) is 23.4 Å². The summed E-state index contributed by atoms with van der Waals surface area (Å²) in [6, 6.07) is 35.4. The Morgan fingerprint density at radius 3 is 2.30 bits per heavy atom. The van der Waals surface area contributed by atoms with E-state index < -0.39 is 47.2 Å². The first-order chi connectivity index (χ1) is 25.7. The zero-order chi connectivity index (χ0) is 37.1. The van der Waals surface area contributed by atoms with Crippen molar-refractivity contribution in [3.8, 4) is 11.5 Å². The molecular formula is C43H38N2O8. The molecule has 10 nitrogen and oxygen atoms in total. The SMILES string of the molecule is O=C1[C@@H]2[C@@H](CC(COc3ccccc3)=C([C@H](O)CC/C(=C/c3ccc(O)c4ccccc34)c3ccccc3)[C@@H]2CO)C(=O)N1c1cccc([N+](=O)[O-])c1. The number of nitro benzene ring substituents is 1. The van der Waals surface area contributed by atoms with Crippen molar-refractivity contribution in [3.63, 3.8) is 0 Å². The summed E-state index contributed by atoms with van der Waals surface area (Å²) in [6.45, 7) is -0.486. The van der Waals surface area contributed by atoms with Crippen LogP contribution in [-0.2, 0) is 9.59 Å². The molecule has 1 fully saturated rings. The van der Waals surface area contributed by atoms with Gasteiger partial charge in [0.05, 0.1) is 35.2 Å². The molecule has 7 rings (SSSR count). The summed E-state index contributed by atoms with van der Waals surface area (Å²) >= 11 is 0. The Labute approximate surface area is 306 Å². The molecule has 2 aliphatic rings. The van der Waals surface area contributed by atoms with E-state index in [9.17, 15) is 35.0 Å². The van der Waals surface area contributed by atoms with Crippen LogP contribution in [0.5, 0.6) is 11.5 Å². The minimum Gasteiger partial charge on any atom is -0.507 e. The second-order valence-corrected chi connectivity index (χ2v) is 13.4. The molecule has 10 heteroatoms. The van der Waals surface area contributed by atoms with E-state index in [0.29, 0.717) is 23.3 Å². The van der Waals surface area contributed by atoms with Crippen LogP contribution in [0.1, 0.15) is 30.4 Å². The number of amides is 2. The van der Waals surface area contributed by atoms with Gasteiger partial charge in [-0.05, 0) is 76.8 Å². The number of phenolic OH excluding ortho intramolecular Hbond substituents is 1. The fourth-order valence-electron chi connectivity index (χ4n) is 7.80. The van der Waals surface area contributed by atoms with Crippen LogP contribution in [0, 0.1) is 27.9 Å². The molecule has 0 unspecified atom stereocenters. The number of aromatic hydroxyl groups is 1. The standard InChI is InChI=1S/C43H38N2O8/c46-25-37-40(39(48)21-18-28(27-10-3-1-4-11-27)22-29-19-20-38(47)35-17-8-7-16-34(29)35)30(26-53-33-14-5-2-6-15-33)23-36-41(37)43(50)44(42(36)49)31-12-9-13-32(24-31)45(51)52/h1-17,19-20,22,24,36-37,39,41,46-48H,18,21,23,25-26H2/b28-22-/t36-,37+,39-,41-/m1/s1. The van der Waals surface area contributed by atoms with Crippen molar-refractivity contribution in [2.75, 3.05) is 18.1 Å². The molecule has 1 aliphatic heterocycles. The van der Waals surface area contributed by atoms with Crippen molar-refractivity contribution in [1.82, 2.24) is 0 Å². The van der Waals surface area contributed by atoms with E-state index in [1.807, 2.05) is 84.9 Å². The van der Waals surface area contributed by atoms with Gasteiger partial charge in [0.15, 0.2) is 0 Å². The molecule has 2 amide bonds. The number of non-ortho nitro benzene ring substituents is 1. The van der Waals surface area contributed by atoms with E-state index in [-0.39, 0.29) is 36.6 Å². The predicted molar refractivity (Wildman–Crippen MR) is 202 cm³/mol. The van der Waals surface area contributed by atoms with Crippen LogP contribution in [-0.4, -0.2) is 51.4 Å². The maximum Gasteiger partial charge on any atom is 0.271 e. The summed E-state index contributed by atoms with van der Waals surface area (Å²) in [4.78, 5) is 40.0. The van der Waals surface area contributed by atoms with Crippen LogP contribution in [0.3, 0.4) is 0 Å². The van der Waals surface area contributed by atoms with Crippen molar-refractivity contribution < 1.29 is 34.6 Å². The van der Waals surface area contributed by atoms with Crippen LogP contribution in [0.25, 0.3) is 22.4 Å². The van der Waals surface area contributed by atoms with Crippen molar-refractivity contribution in [3.05, 3.63) is 154 Å². The van der Waals surface area contributed by atoms with Crippen LogP contribution >= 0.6 is 0 Å². The largest absolute Gasteiger partial charge is 0.507 e. The van der Waals surface area contributed by atoms with Gasteiger partial charge in [-0.3, -0.25) is 19.7 Å². The number of hydrogen-bond acceptors (Lipinski definition) is 8. The van der Waals surface area contributed by atoms with Gasteiger partial charge >= 0.3 is 0 Å². The van der Waals surface area contributed by atoms with Gasteiger partial charge in [0.1, 0.15) is 18.1 Å². The lowest BCUT2D eigenvalue weighted by atomic mass is 9.68. The minimum absolute atomic E-state index is 0.0231. The van der Waals surface area contributed by atoms with Crippen LogP contribution < -0.4 is 9.64 Å². The highest BCUT2D eigenvalue weighted by Gasteiger charge is 2.55. The lowest BCUT2D eigenvalue weighted by molar-refractivity contribution is -0.384. The Morgan fingerprint density at radius 2 is 1.58 bits per heavy atom. The number of nitro groups is 1. The van der Waals surface area contributed by atoms with Crippen LogP contribution in [0.15, 0.2) is 132 Å². The number of benzene rings is 5. The summed E-state index contributed by atoms with van der Waals surface area (Å²) in [7, 11) is 0. The van der Waals surface area contributed by atoms with Gasteiger partial charge in [-0.25, -0.2) is 4.90 Å². The van der Waals surface area contributed by atoms with Crippen LogP contribution in [0.2, 0.25) is 0 Å². The highest BCUT2D eigenvalue weighted by molar-refractivity contribution is 6.22. The normalized spacial score (nSPS) is 19.4. The molecule has 0 radical (unpaired) electrons. The van der Waals surface area contributed by atoms with Crippen molar-refractivity contribution in [1.29, 1.82) is 0 Å². The van der Waals surface area contributed by atoms with Gasteiger partial charge in [-0.1, -0.05) is 91.0 Å². The van der Waals surface area contributed by atoms with Crippen molar-refractivity contribution in [2.24, 2.45) is 17.8 Å². The molecule has 0 spiro atoms. The molecule has 5 aromatic carbocycles. The van der Waals surface area contributed by atoms with E-state index in [1.165, 1.54) is 24.3 Å². The second-order valence-electron chi connectivity index (χ2n) is 13.4. The molecule has 0 bridgehead atoms. The maximum absolute atomic E-state index is 14.1. The minimum atomic E-state index is -1.11. The summed E-state index contributed by atoms with van der Waals surface area (Å²) in [5, 5.41) is 46.6. The summed E-state index contributed by atoms with van der Waals surface area (Å²) < 4.78 is 6.14.